The van der Waals surface area contributed by atoms with Crippen LogP contribution in [0.3, 0.4) is 0 Å². The first-order chi connectivity index (χ1) is 9.43. The number of hydrogen-bond acceptors (Lipinski definition) is 4. The van der Waals surface area contributed by atoms with Crippen LogP contribution in [-0.4, -0.2) is 31.2 Å². The number of esters is 1. The number of benzene rings is 1. The van der Waals surface area contributed by atoms with E-state index in [1.807, 2.05) is 13.8 Å². The second-order valence-electron chi connectivity index (χ2n) is 4.32. The lowest BCUT2D eigenvalue weighted by Crippen LogP contribution is -2.21. The molecule has 0 radical (unpaired) electrons. The molecule has 0 atom stereocenters. The number of anilines is 1. The number of hydrogen-bond donors (Lipinski definition) is 1. The van der Waals surface area contributed by atoms with Crippen molar-refractivity contribution in [2.75, 3.05) is 18.5 Å². The van der Waals surface area contributed by atoms with E-state index in [1.54, 1.807) is 25.1 Å². The van der Waals surface area contributed by atoms with Gasteiger partial charge < -0.3 is 14.8 Å². The van der Waals surface area contributed by atoms with E-state index in [9.17, 15) is 9.59 Å². The zero-order chi connectivity index (χ0) is 15.1. The SMILES string of the molecule is CCOC(=O)c1ccc(NC(=O)COC(C)C)c(Br)c1. The summed E-state index contributed by atoms with van der Waals surface area (Å²) in [7, 11) is 0. The van der Waals surface area contributed by atoms with Gasteiger partial charge in [-0.25, -0.2) is 4.79 Å². The van der Waals surface area contributed by atoms with Crippen LogP contribution in [0.2, 0.25) is 0 Å². The van der Waals surface area contributed by atoms with Crippen LogP contribution in [0.1, 0.15) is 31.1 Å². The van der Waals surface area contributed by atoms with E-state index in [0.717, 1.165) is 0 Å². The van der Waals surface area contributed by atoms with Crippen molar-refractivity contribution < 1.29 is 19.1 Å². The van der Waals surface area contributed by atoms with E-state index in [0.29, 0.717) is 22.3 Å². The minimum atomic E-state index is -0.394. The molecule has 0 bridgehead atoms. The smallest absolute Gasteiger partial charge is 0.338 e. The standard InChI is InChI=1S/C14H18BrNO4/c1-4-19-14(18)10-5-6-12(11(15)7-10)16-13(17)8-20-9(2)3/h5-7,9H,4,8H2,1-3H3,(H,16,17). The predicted molar refractivity (Wildman–Crippen MR) is 79.8 cm³/mol. The van der Waals surface area contributed by atoms with Crippen LogP contribution in [0.4, 0.5) is 5.69 Å². The first-order valence-corrected chi connectivity index (χ1v) is 7.11. The fraction of sp³-hybridized carbons (Fsp3) is 0.429. The first-order valence-electron chi connectivity index (χ1n) is 6.32. The van der Waals surface area contributed by atoms with Gasteiger partial charge in [-0.3, -0.25) is 4.79 Å². The van der Waals surface area contributed by atoms with Crippen LogP contribution in [0.5, 0.6) is 0 Å². The van der Waals surface area contributed by atoms with Gasteiger partial charge in [0.05, 0.1) is 24.0 Å². The number of nitrogens with one attached hydrogen (secondary N) is 1. The number of halogens is 1. The summed E-state index contributed by atoms with van der Waals surface area (Å²) in [5.41, 5.74) is 1.01. The van der Waals surface area contributed by atoms with Crippen molar-refractivity contribution >= 4 is 33.5 Å². The van der Waals surface area contributed by atoms with Gasteiger partial charge in [0.1, 0.15) is 6.61 Å². The Kier molecular flexibility index (Phi) is 6.67. The summed E-state index contributed by atoms with van der Waals surface area (Å²) < 4.78 is 10.7. The lowest BCUT2D eigenvalue weighted by atomic mass is 10.2. The Balaban J connectivity index is 2.68. The van der Waals surface area contributed by atoms with Crippen molar-refractivity contribution in [1.29, 1.82) is 0 Å². The molecule has 0 aliphatic carbocycles. The van der Waals surface area contributed by atoms with Crippen LogP contribution in [0.15, 0.2) is 22.7 Å². The molecule has 1 amide bonds. The molecule has 0 aliphatic rings. The van der Waals surface area contributed by atoms with Crippen molar-refractivity contribution in [3.63, 3.8) is 0 Å². The van der Waals surface area contributed by atoms with Crippen molar-refractivity contribution in [3.8, 4) is 0 Å². The molecule has 0 unspecified atom stereocenters. The molecule has 0 spiro atoms. The highest BCUT2D eigenvalue weighted by Crippen LogP contribution is 2.24. The summed E-state index contributed by atoms with van der Waals surface area (Å²) >= 11 is 3.31. The van der Waals surface area contributed by atoms with Crippen molar-refractivity contribution in [2.45, 2.75) is 26.9 Å². The van der Waals surface area contributed by atoms with Crippen LogP contribution in [0.25, 0.3) is 0 Å². The normalized spacial score (nSPS) is 10.4. The summed E-state index contributed by atoms with van der Waals surface area (Å²) in [5, 5.41) is 2.70. The quantitative estimate of drug-likeness (QED) is 0.806. The van der Waals surface area contributed by atoms with Gasteiger partial charge in [0, 0.05) is 4.47 Å². The molecule has 1 rings (SSSR count). The molecule has 0 heterocycles. The Morgan fingerprint density at radius 1 is 1.35 bits per heavy atom. The van der Waals surface area contributed by atoms with Crippen molar-refractivity contribution in [2.24, 2.45) is 0 Å². The number of ether oxygens (including phenoxy) is 2. The number of rotatable bonds is 6. The molecule has 0 saturated carbocycles. The second-order valence-corrected chi connectivity index (χ2v) is 5.18. The molecule has 0 fully saturated rings. The van der Waals surface area contributed by atoms with Gasteiger partial charge in [0.2, 0.25) is 5.91 Å². The van der Waals surface area contributed by atoms with Crippen LogP contribution in [-0.2, 0) is 14.3 Å². The molecule has 0 aliphatic heterocycles. The van der Waals surface area contributed by atoms with Gasteiger partial charge >= 0.3 is 5.97 Å². The Bertz CT molecular complexity index is 488. The van der Waals surface area contributed by atoms with Gasteiger partial charge in [-0.2, -0.15) is 0 Å². The summed E-state index contributed by atoms with van der Waals surface area (Å²) in [6.45, 7) is 5.77. The molecule has 110 valence electrons. The lowest BCUT2D eigenvalue weighted by Gasteiger charge is -2.10. The predicted octanol–water partition coefficient (Wildman–Crippen LogP) is 2.99. The zero-order valence-corrected chi connectivity index (χ0v) is 13.3. The minimum absolute atomic E-state index is 0.00428. The third-order valence-electron chi connectivity index (χ3n) is 2.30. The average molecular weight is 344 g/mol. The Hall–Kier alpha value is -1.40. The molecular weight excluding hydrogens is 326 g/mol. The molecule has 6 heteroatoms. The fourth-order valence-electron chi connectivity index (χ4n) is 1.39. The van der Waals surface area contributed by atoms with E-state index in [-0.39, 0.29) is 18.6 Å². The highest BCUT2D eigenvalue weighted by molar-refractivity contribution is 9.10. The van der Waals surface area contributed by atoms with Crippen molar-refractivity contribution in [3.05, 3.63) is 28.2 Å². The Morgan fingerprint density at radius 3 is 2.60 bits per heavy atom. The van der Waals surface area contributed by atoms with Crippen LogP contribution >= 0.6 is 15.9 Å². The van der Waals surface area contributed by atoms with Gasteiger partial charge in [-0.1, -0.05) is 0 Å². The topological polar surface area (TPSA) is 64.6 Å². The van der Waals surface area contributed by atoms with E-state index in [2.05, 4.69) is 21.2 Å². The molecule has 1 aromatic carbocycles. The van der Waals surface area contributed by atoms with Gasteiger partial charge in [-0.05, 0) is 54.9 Å². The molecule has 0 aromatic heterocycles. The van der Waals surface area contributed by atoms with E-state index >= 15 is 0 Å². The third kappa shape index (κ3) is 5.30. The second kappa shape index (κ2) is 8.01. The Morgan fingerprint density at radius 2 is 2.05 bits per heavy atom. The summed E-state index contributed by atoms with van der Waals surface area (Å²) in [4.78, 5) is 23.2. The van der Waals surface area contributed by atoms with E-state index in [1.165, 1.54) is 0 Å². The van der Waals surface area contributed by atoms with Gasteiger partial charge in [-0.15, -0.1) is 0 Å². The molecule has 20 heavy (non-hydrogen) atoms. The summed E-state index contributed by atoms with van der Waals surface area (Å²) in [6, 6.07) is 4.85. The monoisotopic (exact) mass is 343 g/mol. The average Bonchev–Trinajstić information content (AvgIpc) is 2.39. The van der Waals surface area contributed by atoms with E-state index < -0.39 is 5.97 Å². The maximum atomic E-state index is 11.6. The highest BCUT2D eigenvalue weighted by atomic mass is 79.9. The molecule has 1 aromatic rings. The van der Waals surface area contributed by atoms with Crippen molar-refractivity contribution in [1.82, 2.24) is 0 Å². The number of carbonyl (C=O) groups excluding carboxylic acids is 2. The highest BCUT2D eigenvalue weighted by Gasteiger charge is 2.11. The van der Waals surface area contributed by atoms with Gasteiger partial charge in [0.25, 0.3) is 0 Å². The molecule has 5 nitrogen and oxygen atoms in total. The minimum Gasteiger partial charge on any atom is -0.462 e. The van der Waals surface area contributed by atoms with Crippen LogP contribution < -0.4 is 5.32 Å². The zero-order valence-electron chi connectivity index (χ0n) is 11.7. The Labute approximate surface area is 126 Å². The summed E-state index contributed by atoms with van der Waals surface area (Å²) in [6.07, 6.45) is -0.00428. The molecule has 1 N–H and O–H groups in total. The molecule has 0 saturated heterocycles. The number of amides is 1. The summed E-state index contributed by atoms with van der Waals surface area (Å²) in [5.74, 6) is -0.641. The fourth-order valence-corrected chi connectivity index (χ4v) is 1.86. The lowest BCUT2D eigenvalue weighted by molar-refractivity contribution is -0.121. The maximum Gasteiger partial charge on any atom is 0.338 e. The van der Waals surface area contributed by atoms with Crippen LogP contribution in [0, 0.1) is 0 Å². The largest absolute Gasteiger partial charge is 0.462 e. The number of carbonyl (C=O) groups is 2. The molecular formula is C14H18BrNO4. The third-order valence-corrected chi connectivity index (χ3v) is 2.96. The van der Waals surface area contributed by atoms with Gasteiger partial charge in [0.15, 0.2) is 0 Å². The van der Waals surface area contributed by atoms with E-state index in [4.69, 9.17) is 9.47 Å². The first kappa shape index (κ1) is 16.7. The maximum absolute atomic E-state index is 11.6.